The Balaban J connectivity index is 1.83. The van der Waals surface area contributed by atoms with E-state index in [2.05, 4.69) is 16.3 Å². The molecule has 0 atom stereocenters. The minimum atomic E-state index is -0.257. The summed E-state index contributed by atoms with van der Waals surface area (Å²) in [4.78, 5) is 2.30. The molecule has 0 spiro atoms. The lowest BCUT2D eigenvalue weighted by Gasteiger charge is -2.30. The summed E-state index contributed by atoms with van der Waals surface area (Å²) in [6.07, 6.45) is 0. The molecule has 0 aromatic heterocycles. The van der Waals surface area contributed by atoms with E-state index in [1.807, 2.05) is 18.2 Å². The summed E-state index contributed by atoms with van der Waals surface area (Å²) in [6, 6.07) is 14.1. The van der Waals surface area contributed by atoms with E-state index in [0.717, 1.165) is 37.6 Å². The molecule has 1 aliphatic rings. The first kappa shape index (κ1) is 12.9. The van der Waals surface area contributed by atoms with Crippen molar-refractivity contribution in [3.63, 3.8) is 0 Å². The molecule has 0 aliphatic carbocycles. The van der Waals surface area contributed by atoms with Crippen molar-refractivity contribution >= 4 is 5.69 Å². The Hall–Kier alpha value is -2.07. The Morgan fingerprint density at radius 3 is 2.40 bits per heavy atom. The number of hydrogen-bond acceptors (Lipinski definition) is 3. The fourth-order valence-electron chi connectivity index (χ4n) is 2.34. The van der Waals surface area contributed by atoms with Gasteiger partial charge in [-0.3, -0.25) is 0 Å². The van der Waals surface area contributed by atoms with E-state index in [1.54, 1.807) is 12.1 Å². The number of benzene rings is 2. The summed E-state index contributed by atoms with van der Waals surface area (Å²) in [5, 5.41) is 3.34. The second kappa shape index (κ2) is 5.92. The van der Waals surface area contributed by atoms with Gasteiger partial charge >= 0.3 is 0 Å². The van der Waals surface area contributed by atoms with Crippen molar-refractivity contribution < 1.29 is 9.13 Å². The third kappa shape index (κ3) is 2.91. The van der Waals surface area contributed by atoms with Gasteiger partial charge in [-0.1, -0.05) is 12.1 Å². The topological polar surface area (TPSA) is 24.5 Å². The highest BCUT2D eigenvalue weighted by atomic mass is 19.1. The van der Waals surface area contributed by atoms with Crippen molar-refractivity contribution in [2.24, 2.45) is 0 Å². The molecule has 1 N–H and O–H groups in total. The summed E-state index contributed by atoms with van der Waals surface area (Å²) in [5.74, 6) is 1.20. The minimum absolute atomic E-state index is 0.257. The number of para-hydroxylation sites is 2. The van der Waals surface area contributed by atoms with Crippen LogP contribution >= 0.6 is 0 Å². The Bertz CT molecular complexity index is 565. The van der Waals surface area contributed by atoms with Crippen LogP contribution in [0.3, 0.4) is 0 Å². The third-order valence-electron chi connectivity index (χ3n) is 3.36. The molecule has 1 heterocycles. The molecule has 0 bridgehead atoms. The van der Waals surface area contributed by atoms with Crippen LogP contribution in [0.4, 0.5) is 10.1 Å². The smallest absolute Gasteiger partial charge is 0.150 e. The molecule has 0 radical (unpaired) electrons. The predicted molar refractivity (Wildman–Crippen MR) is 78.0 cm³/mol. The third-order valence-corrected chi connectivity index (χ3v) is 3.36. The van der Waals surface area contributed by atoms with Crippen LogP contribution in [0.1, 0.15) is 0 Å². The van der Waals surface area contributed by atoms with Gasteiger partial charge in [0, 0.05) is 26.2 Å². The van der Waals surface area contributed by atoms with Crippen LogP contribution in [-0.2, 0) is 0 Å². The number of nitrogens with one attached hydrogen (secondary N) is 1. The van der Waals surface area contributed by atoms with Crippen molar-refractivity contribution in [2.45, 2.75) is 0 Å². The second-order valence-electron chi connectivity index (χ2n) is 4.76. The predicted octanol–water partition coefficient (Wildman–Crippen LogP) is 3.03. The van der Waals surface area contributed by atoms with Crippen molar-refractivity contribution in [2.75, 3.05) is 31.1 Å². The van der Waals surface area contributed by atoms with Gasteiger partial charge in [0.05, 0.1) is 5.69 Å². The Labute approximate surface area is 118 Å². The molecule has 0 unspecified atom stereocenters. The van der Waals surface area contributed by atoms with E-state index >= 15 is 0 Å². The van der Waals surface area contributed by atoms with E-state index < -0.39 is 0 Å². The Kier molecular flexibility index (Phi) is 3.83. The molecule has 1 saturated heterocycles. The van der Waals surface area contributed by atoms with Crippen molar-refractivity contribution in [1.82, 2.24) is 5.32 Å². The van der Waals surface area contributed by atoms with E-state index in [0.29, 0.717) is 5.75 Å². The molecule has 2 aromatic carbocycles. The van der Waals surface area contributed by atoms with Crippen molar-refractivity contribution in [1.29, 1.82) is 0 Å². The second-order valence-corrected chi connectivity index (χ2v) is 4.76. The lowest BCUT2D eigenvalue weighted by atomic mass is 10.2. The van der Waals surface area contributed by atoms with Gasteiger partial charge in [0.15, 0.2) is 5.75 Å². The molecule has 1 fully saturated rings. The van der Waals surface area contributed by atoms with Gasteiger partial charge in [-0.2, -0.15) is 0 Å². The summed E-state index contributed by atoms with van der Waals surface area (Å²) >= 11 is 0. The van der Waals surface area contributed by atoms with Gasteiger partial charge in [-0.05, 0) is 36.4 Å². The van der Waals surface area contributed by atoms with Gasteiger partial charge in [-0.25, -0.2) is 4.39 Å². The molecule has 20 heavy (non-hydrogen) atoms. The molecule has 2 aromatic rings. The summed E-state index contributed by atoms with van der Waals surface area (Å²) < 4.78 is 18.8. The average molecular weight is 272 g/mol. The van der Waals surface area contributed by atoms with Crippen LogP contribution in [0.2, 0.25) is 0 Å². The minimum Gasteiger partial charge on any atom is -0.455 e. The zero-order valence-electron chi connectivity index (χ0n) is 11.2. The van der Waals surface area contributed by atoms with Crippen LogP contribution in [0.5, 0.6) is 11.5 Å². The molecule has 1 aliphatic heterocycles. The summed E-state index contributed by atoms with van der Waals surface area (Å²) in [7, 11) is 0. The van der Waals surface area contributed by atoms with Crippen LogP contribution < -0.4 is 15.0 Å². The molecule has 0 amide bonds. The fraction of sp³-hybridized carbons (Fsp3) is 0.250. The van der Waals surface area contributed by atoms with Crippen LogP contribution in [0.15, 0.2) is 48.5 Å². The molecule has 0 saturated carbocycles. The molecular formula is C16H17FN2O. The first-order valence-corrected chi connectivity index (χ1v) is 6.81. The number of ether oxygens (including phenoxy) is 1. The standard InChI is InChI=1S/C16H17FN2O/c17-13-5-7-14(8-6-13)20-16-4-2-1-3-15(16)19-11-9-18-10-12-19/h1-8,18H,9-12H2. The molecule has 4 heteroatoms. The molecule has 3 nitrogen and oxygen atoms in total. The fourth-order valence-corrected chi connectivity index (χ4v) is 2.34. The largest absolute Gasteiger partial charge is 0.455 e. The van der Waals surface area contributed by atoms with E-state index in [9.17, 15) is 4.39 Å². The molecule has 104 valence electrons. The maximum absolute atomic E-state index is 12.9. The molecular weight excluding hydrogens is 255 g/mol. The Morgan fingerprint density at radius 2 is 1.65 bits per heavy atom. The Morgan fingerprint density at radius 1 is 0.950 bits per heavy atom. The highest BCUT2D eigenvalue weighted by Crippen LogP contribution is 2.32. The van der Waals surface area contributed by atoms with Gasteiger partial charge in [-0.15, -0.1) is 0 Å². The quantitative estimate of drug-likeness (QED) is 0.929. The van der Waals surface area contributed by atoms with Crippen molar-refractivity contribution in [3.05, 3.63) is 54.3 Å². The number of nitrogens with zero attached hydrogens (tertiary/aromatic N) is 1. The first-order chi connectivity index (χ1) is 9.83. The van der Waals surface area contributed by atoms with Crippen molar-refractivity contribution in [3.8, 4) is 11.5 Å². The van der Waals surface area contributed by atoms with Gasteiger partial charge in [0.2, 0.25) is 0 Å². The lowest BCUT2D eigenvalue weighted by molar-refractivity contribution is 0.476. The van der Waals surface area contributed by atoms with Gasteiger partial charge in [0.25, 0.3) is 0 Å². The SMILES string of the molecule is Fc1ccc(Oc2ccccc2N2CCNCC2)cc1. The van der Waals surface area contributed by atoms with Crippen LogP contribution in [0.25, 0.3) is 0 Å². The lowest BCUT2D eigenvalue weighted by Crippen LogP contribution is -2.43. The number of piperazine rings is 1. The highest BCUT2D eigenvalue weighted by molar-refractivity contribution is 5.59. The zero-order chi connectivity index (χ0) is 13.8. The highest BCUT2D eigenvalue weighted by Gasteiger charge is 2.14. The van der Waals surface area contributed by atoms with E-state index in [-0.39, 0.29) is 5.82 Å². The number of halogens is 1. The summed E-state index contributed by atoms with van der Waals surface area (Å²) in [5.41, 5.74) is 1.08. The zero-order valence-corrected chi connectivity index (χ0v) is 11.2. The monoisotopic (exact) mass is 272 g/mol. The summed E-state index contributed by atoms with van der Waals surface area (Å²) in [6.45, 7) is 3.88. The van der Waals surface area contributed by atoms with Crippen LogP contribution in [-0.4, -0.2) is 26.2 Å². The van der Waals surface area contributed by atoms with Crippen LogP contribution in [0, 0.1) is 5.82 Å². The number of hydrogen-bond donors (Lipinski definition) is 1. The normalized spacial score (nSPS) is 15.2. The maximum Gasteiger partial charge on any atom is 0.150 e. The average Bonchev–Trinajstić information content (AvgIpc) is 2.51. The number of rotatable bonds is 3. The van der Waals surface area contributed by atoms with Gasteiger partial charge in [0.1, 0.15) is 11.6 Å². The molecule has 3 rings (SSSR count). The maximum atomic E-state index is 12.9. The number of anilines is 1. The van der Waals surface area contributed by atoms with E-state index in [4.69, 9.17) is 4.74 Å². The van der Waals surface area contributed by atoms with Gasteiger partial charge < -0.3 is 15.0 Å². The first-order valence-electron chi connectivity index (χ1n) is 6.81. The van der Waals surface area contributed by atoms with E-state index in [1.165, 1.54) is 12.1 Å².